The molecule has 3 aromatic rings. The number of nitro groups is 1. The monoisotopic (exact) mass is 434 g/mol. The standard InChI is InChI=1S/C23H19FN4O2S/c24-18-9-5-8-16-19-17(13-25)23(27-10-2-1-3-11-27)26-20(22(19)31-21(16)18)14-6-4-7-15(12-14)28(29)30/h4-9,12,20,26H,1-3,10-11H2. The first-order valence-corrected chi connectivity index (χ1v) is 11.0. The molecule has 0 bridgehead atoms. The highest BCUT2D eigenvalue weighted by molar-refractivity contribution is 7.19. The number of likely N-dealkylation sites (tertiary alicyclic amines) is 1. The molecule has 1 aromatic heterocycles. The molecule has 2 aromatic carbocycles. The predicted octanol–water partition coefficient (Wildman–Crippen LogP) is 5.32. The molecule has 2 aliphatic rings. The average molecular weight is 434 g/mol. The van der Waals surface area contributed by atoms with Crippen molar-refractivity contribution in [3.8, 4) is 6.07 Å². The van der Waals surface area contributed by atoms with Crippen LogP contribution in [0.25, 0.3) is 15.7 Å². The van der Waals surface area contributed by atoms with Crippen LogP contribution in [0.2, 0.25) is 0 Å². The van der Waals surface area contributed by atoms with Crippen LogP contribution in [0.1, 0.15) is 41.3 Å². The molecule has 0 saturated carbocycles. The van der Waals surface area contributed by atoms with Crippen molar-refractivity contribution >= 4 is 32.7 Å². The molecule has 156 valence electrons. The summed E-state index contributed by atoms with van der Waals surface area (Å²) in [6.45, 7) is 1.67. The maximum atomic E-state index is 14.6. The summed E-state index contributed by atoms with van der Waals surface area (Å²) in [5.74, 6) is 0.404. The summed E-state index contributed by atoms with van der Waals surface area (Å²) in [6, 6.07) is 13.4. The van der Waals surface area contributed by atoms with Crippen molar-refractivity contribution in [2.24, 2.45) is 0 Å². The Hall–Kier alpha value is -3.44. The van der Waals surface area contributed by atoms with E-state index < -0.39 is 11.0 Å². The SMILES string of the molecule is N#CC1=C(N2CCCCC2)NC(c2cccc([N+](=O)[O-])c2)c2sc3c(F)cccc3c21. The number of nitriles is 1. The van der Waals surface area contributed by atoms with Crippen LogP contribution in [0.4, 0.5) is 10.1 Å². The maximum absolute atomic E-state index is 14.6. The number of nitro benzene ring substituents is 1. The molecule has 8 heteroatoms. The van der Waals surface area contributed by atoms with Crippen molar-refractivity contribution < 1.29 is 9.31 Å². The number of hydrogen-bond donors (Lipinski definition) is 1. The van der Waals surface area contributed by atoms with Crippen LogP contribution in [-0.4, -0.2) is 22.9 Å². The second-order valence-electron chi connectivity index (χ2n) is 7.77. The number of allylic oxidation sites excluding steroid dienone is 1. The van der Waals surface area contributed by atoms with Crippen molar-refractivity contribution in [3.63, 3.8) is 0 Å². The summed E-state index contributed by atoms with van der Waals surface area (Å²) in [5, 5.41) is 25.7. The summed E-state index contributed by atoms with van der Waals surface area (Å²) in [5.41, 5.74) is 1.96. The third kappa shape index (κ3) is 3.22. The van der Waals surface area contributed by atoms with Gasteiger partial charge in [0.05, 0.1) is 15.7 Å². The molecule has 0 aliphatic carbocycles. The zero-order valence-corrected chi connectivity index (χ0v) is 17.4. The van der Waals surface area contributed by atoms with Crippen LogP contribution in [0.15, 0.2) is 48.3 Å². The summed E-state index contributed by atoms with van der Waals surface area (Å²) in [4.78, 5) is 13.9. The van der Waals surface area contributed by atoms with Gasteiger partial charge in [0.1, 0.15) is 23.3 Å². The number of nitrogens with one attached hydrogen (secondary N) is 1. The minimum Gasteiger partial charge on any atom is -0.359 e. The fourth-order valence-corrected chi connectivity index (χ4v) is 5.78. The number of nitrogens with zero attached hydrogens (tertiary/aromatic N) is 3. The smallest absolute Gasteiger partial charge is 0.269 e. The van der Waals surface area contributed by atoms with Gasteiger partial charge in [-0.2, -0.15) is 5.26 Å². The van der Waals surface area contributed by atoms with Gasteiger partial charge >= 0.3 is 0 Å². The number of piperidine rings is 1. The van der Waals surface area contributed by atoms with Crippen molar-refractivity contribution in [2.75, 3.05) is 13.1 Å². The topological polar surface area (TPSA) is 82.2 Å². The average Bonchev–Trinajstić information content (AvgIpc) is 3.19. The summed E-state index contributed by atoms with van der Waals surface area (Å²) in [6.07, 6.45) is 3.23. The molecular formula is C23H19FN4O2S. The lowest BCUT2D eigenvalue weighted by Crippen LogP contribution is -2.40. The maximum Gasteiger partial charge on any atom is 0.269 e. The number of non-ortho nitro benzene ring substituents is 1. The van der Waals surface area contributed by atoms with E-state index in [1.54, 1.807) is 18.2 Å². The molecule has 1 saturated heterocycles. The molecule has 1 N–H and O–H groups in total. The lowest BCUT2D eigenvalue weighted by molar-refractivity contribution is -0.384. The second-order valence-corrected chi connectivity index (χ2v) is 8.82. The third-order valence-electron chi connectivity index (χ3n) is 5.92. The van der Waals surface area contributed by atoms with Gasteiger partial charge in [0.25, 0.3) is 5.69 Å². The lowest BCUT2D eigenvalue weighted by Gasteiger charge is -2.37. The molecule has 1 atom stereocenters. The number of benzene rings is 2. The second kappa shape index (κ2) is 7.67. The van der Waals surface area contributed by atoms with E-state index in [2.05, 4.69) is 16.3 Å². The third-order valence-corrected chi connectivity index (χ3v) is 7.20. The van der Waals surface area contributed by atoms with E-state index >= 15 is 0 Å². The minimum atomic E-state index is -0.417. The van der Waals surface area contributed by atoms with Crippen LogP contribution in [0.5, 0.6) is 0 Å². The van der Waals surface area contributed by atoms with E-state index in [-0.39, 0.29) is 11.5 Å². The Bertz CT molecular complexity index is 1270. The molecule has 0 amide bonds. The highest BCUT2D eigenvalue weighted by atomic mass is 32.1. The lowest BCUT2D eigenvalue weighted by atomic mass is 9.92. The number of halogens is 1. The van der Waals surface area contributed by atoms with Crippen LogP contribution in [0, 0.1) is 27.3 Å². The summed E-state index contributed by atoms with van der Waals surface area (Å²) >= 11 is 1.30. The molecule has 31 heavy (non-hydrogen) atoms. The fourth-order valence-electron chi connectivity index (χ4n) is 4.49. The fraction of sp³-hybridized carbons (Fsp3) is 0.261. The normalized spacial score (nSPS) is 18.5. The quantitative estimate of drug-likeness (QED) is 0.446. The van der Waals surface area contributed by atoms with E-state index in [4.69, 9.17) is 0 Å². The molecule has 1 unspecified atom stereocenters. The van der Waals surface area contributed by atoms with Gasteiger partial charge in [-0.3, -0.25) is 10.1 Å². The molecular weight excluding hydrogens is 415 g/mol. The Morgan fingerprint density at radius 3 is 2.71 bits per heavy atom. The van der Waals surface area contributed by atoms with E-state index in [1.165, 1.54) is 23.5 Å². The van der Waals surface area contributed by atoms with E-state index in [1.807, 2.05) is 12.1 Å². The van der Waals surface area contributed by atoms with E-state index in [9.17, 15) is 19.8 Å². The molecule has 0 radical (unpaired) electrons. The highest BCUT2D eigenvalue weighted by Gasteiger charge is 2.34. The van der Waals surface area contributed by atoms with Crippen LogP contribution in [-0.2, 0) is 0 Å². The van der Waals surface area contributed by atoms with Gasteiger partial charge in [-0.15, -0.1) is 11.3 Å². The van der Waals surface area contributed by atoms with Crippen LogP contribution in [0.3, 0.4) is 0 Å². The largest absolute Gasteiger partial charge is 0.359 e. The predicted molar refractivity (Wildman–Crippen MR) is 118 cm³/mol. The van der Waals surface area contributed by atoms with Gasteiger partial charge in [-0.05, 0) is 30.9 Å². The Balaban J connectivity index is 1.76. The Labute approximate surface area is 182 Å². The van der Waals surface area contributed by atoms with Gasteiger partial charge < -0.3 is 10.2 Å². The molecule has 2 aliphatic heterocycles. The number of thiophene rings is 1. The van der Waals surface area contributed by atoms with Crippen LogP contribution < -0.4 is 5.32 Å². The van der Waals surface area contributed by atoms with Crippen molar-refractivity contribution in [1.29, 1.82) is 5.26 Å². The number of rotatable bonds is 3. The minimum absolute atomic E-state index is 0.00252. The van der Waals surface area contributed by atoms with Gasteiger partial charge in [0.15, 0.2) is 0 Å². The van der Waals surface area contributed by atoms with Crippen molar-refractivity contribution in [3.05, 3.63) is 80.2 Å². The Morgan fingerprint density at radius 2 is 1.97 bits per heavy atom. The van der Waals surface area contributed by atoms with Gasteiger partial charge in [-0.25, -0.2) is 4.39 Å². The Morgan fingerprint density at radius 1 is 1.19 bits per heavy atom. The molecule has 1 fully saturated rings. The van der Waals surface area contributed by atoms with Gasteiger partial charge in [0.2, 0.25) is 0 Å². The first kappa shape index (κ1) is 19.5. The Kier molecular flexibility index (Phi) is 4.83. The van der Waals surface area contributed by atoms with Gasteiger partial charge in [-0.1, -0.05) is 24.3 Å². The first-order chi connectivity index (χ1) is 15.1. The van der Waals surface area contributed by atoms with E-state index in [0.29, 0.717) is 21.2 Å². The summed E-state index contributed by atoms with van der Waals surface area (Å²) < 4.78 is 15.1. The molecule has 6 nitrogen and oxygen atoms in total. The zero-order chi connectivity index (χ0) is 21.5. The van der Waals surface area contributed by atoms with E-state index in [0.717, 1.165) is 48.6 Å². The number of fused-ring (bicyclic) bond motifs is 3. The number of hydrogen-bond acceptors (Lipinski definition) is 6. The van der Waals surface area contributed by atoms with Crippen molar-refractivity contribution in [2.45, 2.75) is 25.3 Å². The zero-order valence-electron chi connectivity index (χ0n) is 16.6. The highest BCUT2D eigenvalue weighted by Crippen LogP contribution is 2.46. The molecule has 5 rings (SSSR count). The molecule has 3 heterocycles. The van der Waals surface area contributed by atoms with Crippen molar-refractivity contribution in [1.82, 2.24) is 10.2 Å². The summed E-state index contributed by atoms with van der Waals surface area (Å²) in [7, 11) is 0. The first-order valence-electron chi connectivity index (χ1n) is 10.2. The van der Waals surface area contributed by atoms with Crippen LogP contribution >= 0.6 is 11.3 Å². The van der Waals surface area contributed by atoms with Gasteiger partial charge in [0, 0.05) is 41.0 Å². The molecule has 0 spiro atoms.